The van der Waals surface area contributed by atoms with E-state index in [0.717, 1.165) is 36.1 Å². The van der Waals surface area contributed by atoms with Gasteiger partial charge in [0, 0.05) is 18.8 Å². The number of hydrogen-bond donors (Lipinski definition) is 1. The Morgan fingerprint density at radius 3 is 2.75 bits per heavy atom. The van der Waals surface area contributed by atoms with Crippen LogP contribution in [0.5, 0.6) is 0 Å². The van der Waals surface area contributed by atoms with Gasteiger partial charge in [0.15, 0.2) is 0 Å². The van der Waals surface area contributed by atoms with Crippen LogP contribution in [0, 0.1) is 31.1 Å². The Morgan fingerprint density at radius 1 is 1.40 bits per heavy atom. The fourth-order valence-electron chi connectivity index (χ4n) is 2.72. The minimum absolute atomic E-state index is 0.669. The first-order chi connectivity index (χ1) is 9.60. The molecule has 4 heteroatoms. The molecule has 1 fully saturated rings. The topological polar surface area (TPSA) is 52.0 Å². The second-order valence-corrected chi connectivity index (χ2v) is 5.87. The summed E-state index contributed by atoms with van der Waals surface area (Å²) in [6.07, 6.45) is 2.59. The number of piperidine rings is 1. The first-order valence-corrected chi connectivity index (χ1v) is 7.44. The Labute approximate surface area is 121 Å². The van der Waals surface area contributed by atoms with Crippen molar-refractivity contribution in [2.75, 3.05) is 31.5 Å². The summed E-state index contributed by atoms with van der Waals surface area (Å²) in [7, 11) is 0. The van der Waals surface area contributed by atoms with Gasteiger partial charge in [-0.1, -0.05) is 6.92 Å². The Bertz CT molecular complexity index is 496. The monoisotopic (exact) mass is 272 g/mol. The Balaban J connectivity index is 1.90. The first kappa shape index (κ1) is 14.8. The van der Waals surface area contributed by atoms with Gasteiger partial charge in [0.25, 0.3) is 0 Å². The number of nitrogens with one attached hydrogen (secondary N) is 1. The summed E-state index contributed by atoms with van der Waals surface area (Å²) < 4.78 is 0. The largest absolute Gasteiger partial charge is 0.368 e. The number of likely N-dealkylation sites (tertiary alicyclic amines) is 1. The molecule has 0 amide bonds. The van der Waals surface area contributed by atoms with Crippen molar-refractivity contribution in [3.8, 4) is 6.07 Å². The van der Waals surface area contributed by atoms with Gasteiger partial charge in [0.2, 0.25) is 0 Å². The van der Waals surface area contributed by atoms with Crippen molar-refractivity contribution in [3.05, 3.63) is 22.9 Å². The Morgan fingerprint density at radius 2 is 2.10 bits per heavy atom. The van der Waals surface area contributed by atoms with Crippen molar-refractivity contribution in [2.45, 2.75) is 33.6 Å². The zero-order chi connectivity index (χ0) is 14.5. The summed E-state index contributed by atoms with van der Waals surface area (Å²) >= 11 is 0. The molecule has 108 valence electrons. The van der Waals surface area contributed by atoms with Gasteiger partial charge in [-0.05, 0) is 57.3 Å². The highest BCUT2D eigenvalue weighted by molar-refractivity contribution is 5.56. The van der Waals surface area contributed by atoms with Crippen LogP contribution in [0.4, 0.5) is 5.82 Å². The summed E-state index contributed by atoms with van der Waals surface area (Å²) in [6.45, 7) is 10.5. The molecule has 1 aromatic rings. The first-order valence-electron chi connectivity index (χ1n) is 7.44. The predicted octanol–water partition coefficient (Wildman–Crippen LogP) is 2.71. The lowest BCUT2D eigenvalue weighted by Crippen LogP contribution is -2.36. The number of nitriles is 1. The molecule has 0 atom stereocenters. The van der Waals surface area contributed by atoms with Crippen molar-refractivity contribution in [1.82, 2.24) is 9.88 Å². The third-order valence-corrected chi connectivity index (χ3v) is 4.05. The van der Waals surface area contributed by atoms with Gasteiger partial charge in [-0.2, -0.15) is 5.26 Å². The number of hydrogen-bond acceptors (Lipinski definition) is 4. The van der Waals surface area contributed by atoms with E-state index in [-0.39, 0.29) is 0 Å². The number of aryl methyl sites for hydroxylation is 2. The molecule has 1 aliphatic rings. The highest BCUT2D eigenvalue weighted by atomic mass is 15.1. The fourth-order valence-corrected chi connectivity index (χ4v) is 2.72. The van der Waals surface area contributed by atoms with Gasteiger partial charge >= 0.3 is 0 Å². The SMILES string of the molecule is Cc1cc(C)c(C#N)c(NCCN2CCC(C)CC2)n1. The predicted molar refractivity (Wildman–Crippen MR) is 81.8 cm³/mol. The summed E-state index contributed by atoms with van der Waals surface area (Å²) in [5.41, 5.74) is 2.62. The van der Waals surface area contributed by atoms with E-state index in [2.05, 4.69) is 28.2 Å². The molecule has 1 aromatic heterocycles. The van der Waals surface area contributed by atoms with E-state index in [4.69, 9.17) is 0 Å². The van der Waals surface area contributed by atoms with Crippen LogP contribution in [-0.2, 0) is 0 Å². The quantitative estimate of drug-likeness (QED) is 0.915. The average molecular weight is 272 g/mol. The number of aromatic nitrogens is 1. The van der Waals surface area contributed by atoms with Crippen LogP contribution in [0.3, 0.4) is 0 Å². The molecule has 0 aliphatic carbocycles. The minimum atomic E-state index is 0.669. The zero-order valence-corrected chi connectivity index (χ0v) is 12.7. The maximum absolute atomic E-state index is 9.23. The van der Waals surface area contributed by atoms with Crippen LogP contribution < -0.4 is 5.32 Å². The lowest BCUT2D eigenvalue weighted by molar-refractivity contribution is 0.199. The van der Waals surface area contributed by atoms with E-state index in [1.807, 2.05) is 19.9 Å². The molecule has 2 heterocycles. The van der Waals surface area contributed by atoms with Crippen LogP contribution in [0.2, 0.25) is 0 Å². The molecule has 1 aliphatic heterocycles. The number of pyridine rings is 1. The maximum atomic E-state index is 9.23. The van der Waals surface area contributed by atoms with Gasteiger partial charge in [-0.15, -0.1) is 0 Å². The number of rotatable bonds is 4. The van der Waals surface area contributed by atoms with E-state index in [1.54, 1.807) is 0 Å². The molecule has 0 aromatic carbocycles. The molecule has 20 heavy (non-hydrogen) atoms. The Kier molecular flexibility index (Phi) is 4.97. The van der Waals surface area contributed by atoms with Crippen LogP contribution in [0.1, 0.15) is 36.6 Å². The number of nitrogens with zero attached hydrogens (tertiary/aromatic N) is 3. The van der Waals surface area contributed by atoms with Crippen LogP contribution >= 0.6 is 0 Å². The molecule has 2 rings (SSSR count). The summed E-state index contributed by atoms with van der Waals surface area (Å²) in [4.78, 5) is 6.94. The maximum Gasteiger partial charge on any atom is 0.144 e. The van der Waals surface area contributed by atoms with Gasteiger partial charge in [-0.25, -0.2) is 4.98 Å². The van der Waals surface area contributed by atoms with Crippen LogP contribution in [-0.4, -0.2) is 36.1 Å². The highest BCUT2D eigenvalue weighted by Gasteiger charge is 2.15. The van der Waals surface area contributed by atoms with E-state index in [9.17, 15) is 5.26 Å². The van der Waals surface area contributed by atoms with Crippen LogP contribution in [0.15, 0.2) is 6.07 Å². The minimum Gasteiger partial charge on any atom is -0.368 e. The average Bonchev–Trinajstić information content (AvgIpc) is 2.40. The fraction of sp³-hybridized carbons (Fsp3) is 0.625. The molecule has 0 unspecified atom stereocenters. The molecular weight excluding hydrogens is 248 g/mol. The molecular formula is C16H24N4. The molecule has 1 saturated heterocycles. The van der Waals surface area contributed by atoms with Crippen molar-refractivity contribution >= 4 is 5.82 Å². The second kappa shape index (κ2) is 6.71. The summed E-state index contributed by atoms with van der Waals surface area (Å²) in [6, 6.07) is 4.20. The number of anilines is 1. The van der Waals surface area contributed by atoms with Gasteiger partial charge in [-0.3, -0.25) is 0 Å². The van der Waals surface area contributed by atoms with Gasteiger partial charge in [0.1, 0.15) is 11.9 Å². The summed E-state index contributed by atoms with van der Waals surface area (Å²) in [5.74, 6) is 1.60. The third-order valence-electron chi connectivity index (χ3n) is 4.05. The van der Waals surface area contributed by atoms with E-state index in [1.165, 1.54) is 25.9 Å². The summed E-state index contributed by atoms with van der Waals surface area (Å²) in [5, 5.41) is 12.6. The van der Waals surface area contributed by atoms with E-state index >= 15 is 0 Å². The van der Waals surface area contributed by atoms with Gasteiger partial charge < -0.3 is 10.2 Å². The van der Waals surface area contributed by atoms with Gasteiger partial charge in [0.05, 0.1) is 5.56 Å². The second-order valence-electron chi connectivity index (χ2n) is 5.87. The molecule has 4 nitrogen and oxygen atoms in total. The lowest BCUT2D eigenvalue weighted by Gasteiger charge is -2.30. The third kappa shape index (κ3) is 3.71. The van der Waals surface area contributed by atoms with Crippen molar-refractivity contribution < 1.29 is 0 Å². The van der Waals surface area contributed by atoms with E-state index < -0.39 is 0 Å². The molecule has 0 spiro atoms. The highest BCUT2D eigenvalue weighted by Crippen LogP contribution is 2.18. The normalized spacial score (nSPS) is 16.9. The lowest BCUT2D eigenvalue weighted by atomic mass is 9.99. The molecule has 0 bridgehead atoms. The zero-order valence-electron chi connectivity index (χ0n) is 12.7. The standard InChI is InChI=1S/C16H24N4/c1-12-4-7-20(8-5-12)9-6-18-16-15(11-17)13(2)10-14(3)19-16/h10,12H,4-9H2,1-3H3,(H,18,19). The molecule has 0 radical (unpaired) electrons. The van der Waals surface area contributed by atoms with Crippen LogP contribution in [0.25, 0.3) is 0 Å². The molecule has 1 N–H and O–H groups in total. The van der Waals surface area contributed by atoms with Crippen molar-refractivity contribution in [3.63, 3.8) is 0 Å². The Hall–Kier alpha value is -1.60. The molecule has 0 saturated carbocycles. The van der Waals surface area contributed by atoms with Crippen molar-refractivity contribution in [1.29, 1.82) is 5.26 Å². The van der Waals surface area contributed by atoms with E-state index in [0.29, 0.717) is 5.56 Å². The smallest absolute Gasteiger partial charge is 0.144 e. The van der Waals surface area contributed by atoms with Crippen molar-refractivity contribution in [2.24, 2.45) is 5.92 Å².